The van der Waals surface area contributed by atoms with E-state index >= 15 is 0 Å². The fourth-order valence-corrected chi connectivity index (χ4v) is 9.03. The molecule has 2 amide bonds. The zero-order chi connectivity index (χ0) is 53.0. The minimum absolute atomic E-state index is 0.124. The van der Waals surface area contributed by atoms with Gasteiger partial charge in [-0.15, -0.1) is 0 Å². The van der Waals surface area contributed by atoms with Gasteiger partial charge in [-0.3, -0.25) is 9.59 Å². The summed E-state index contributed by atoms with van der Waals surface area (Å²) in [5.41, 5.74) is 1.07. The number of nitrogens with one attached hydrogen (secondary N) is 2. The van der Waals surface area contributed by atoms with Gasteiger partial charge >= 0.3 is 0 Å². The summed E-state index contributed by atoms with van der Waals surface area (Å²) in [5.74, 6) is 1.25. The van der Waals surface area contributed by atoms with Crippen molar-refractivity contribution in [1.82, 2.24) is 10.6 Å². The first kappa shape index (κ1) is 66.9. The number of amides is 2. The lowest BCUT2D eigenvalue weighted by molar-refractivity contribution is 0.0184. The molecule has 2 N–H and O–H groups in total. The van der Waals surface area contributed by atoms with Gasteiger partial charge in [-0.05, 0) is 74.2 Å². The molecule has 2 aromatic rings. The number of ether oxygens (including phenoxy) is 6. The number of carbonyl (C=O) groups excluding carboxylic acids is 2. The Morgan fingerprint density at radius 2 is 0.554 bits per heavy atom. The van der Waals surface area contributed by atoms with Crippen molar-refractivity contribution in [1.29, 1.82) is 0 Å². The lowest BCUT2D eigenvalue weighted by Gasteiger charge is -2.18. The molecule has 2 aromatic carbocycles. The zero-order valence-electron chi connectivity index (χ0n) is 48.2. The van der Waals surface area contributed by atoms with Crippen LogP contribution in [-0.2, 0) is 18.9 Å². The van der Waals surface area contributed by atoms with E-state index in [0.717, 1.165) is 52.1 Å². The number of benzene rings is 2. The minimum atomic E-state index is -0.204. The van der Waals surface area contributed by atoms with Crippen molar-refractivity contribution in [2.75, 3.05) is 79.2 Å². The van der Waals surface area contributed by atoms with Crippen LogP contribution in [0.1, 0.15) is 254 Å². The minimum Gasteiger partial charge on any atom is -0.493 e. The standard InChI is InChI=1S/C64H112N2O8/c1-5-9-13-17-21-25-29-33-47-69-51-57(52-70-48-34-30-26-22-18-14-10-6-2)55-73-61-41-37-59(38-42-61)63(67)65-45-46-66-64(68)60-39-43-62(44-40-60)74-56-58(53-71-49-35-31-27-23-19-15-11-7-3)54-72-50-36-32-28-24-20-16-12-8-4/h37-44,57-58H,5-36,45-56H2,1-4H3,(H,65,67)(H,66,68). The molecule has 0 aromatic heterocycles. The molecule has 0 spiro atoms. The van der Waals surface area contributed by atoms with Crippen molar-refractivity contribution < 1.29 is 38.0 Å². The van der Waals surface area contributed by atoms with Gasteiger partial charge in [-0.2, -0.15) is 0 Å². The van der Waals surface area contributed by atoms with Gasteiger partial charge in [0.25, 0.3) is 11.8 Å². The first-order valence-corrected chi connectivity index (χ1v) is 30.8. The van der Waals surface area contributed by atoms with Gasteiger partial charge in [-0.25, -0.2) is 0 Å². The van der Waals surface area contributed by atoms with Crippen LogP contribution in [0, 0.1) is 11.8 Å². The van der Waals surface area contributed by atoms with Crippen molar-refractivity contribution >= 4 is 11.8 Å². The zero-order valence-corrected chi connectivity index (χ0v) is 48.2. The van der Waals surface area contributed by atoms with E-state index in [2.05, 4.69) is 38.3 Å². The normalized spacial score (nSPS) is 11.5. The molecule has 74 heavy (non-hydrogen) atoms. The lowest BCUT2D eigenvalue weighted by atomic mass is 10.1. The SMILES string of the molecule is CCCCCCCCCCOCC(COCCCCCCCCCC)COc1ccc(C(=O)NCCNC(=O)c2ccc(OCC(COCCCCCCCCCC)COCCCCCCCCCC)cc2)cc1. The van der Waals surface area contributed by atoms with E-state index < -0.39 is 0 Å². The maximum atomic E-state index is 13.0. The molecule has 10 heteroatoms. The summed E-state index contributed by atoms with van der Waals surface area (Å²) in [7, 11) is 0. The summed E-state index contributed by atoms with van der Waals surface area (Å²) in [5, 5.41) is 5.84. The Hall–Kier alpha value is -3.18. The number of hydrogen-bond donors (Lipinski definition) is 2. The van der Waals surface area contributed by atoms with E-state index in [1.807, 2.05) is 24.3 Å². The highest BCUT2D eigenvalue weighted by Gasteiger charge is 2.15. The van der Waals surface area contributed by atoms with E-state index in [4.69, 9.17) is 28.4 Å². The third kappa shape index (κ3) is 39.2. The molecule has 2 rings (SSSR count). The molecular weight excluding hydrogens is 925 g/mol. The monoisotopic (exact) mass is 1040 g/mol. The molecule has 0 aliphatic heterocycles. The molecule has 0 atom stereocenters. The summed E-state index contributed by atoms with van der Waals surface area (Å²) in [6.07, 6.45) is 41.0. The maximum Gasteiger partial charge on any atom is 0.251 e. The molecule has 0 unspecified atom stereocenters. The first-order chi connectivity index (χ1) is 36.5. The molecule has 426 valence electrons. The first-order valence-electron chi connectivity index (χ1n) is 30.8. The lowest BCUT2D eigenvalue weighted by Crippen LogP contribution is -2.34. The molecule has 0 bridgehead atoms. The van der Waals surface area contributed by atoms with Gasteiger partial charge in [-0.1, -0.05) is 207 Å². The predicted octanol–water partition coefficient (Wildman–Crippen LogP) is 16.5. The van der Waals surface area contributed by atoms with E-state index in [1.54, 1.807) is 24.3 Å². The van der Waals surface area contributed by atoms with Gasteiger partial charge in [0, 0.05) is 62.5 Å². The van der Waals surface area contributed by atoms with Crippen molar-refractivity contribution in [3.05, 3.63) is 59.7 Å². The van der Waals surface area contributed by atoms with Crippen LogP contribution < -0.4 is 20.1 Å². The highest BCUT2D eigenvalue weighted by atomic mass is 16.5. The highest BCUT2D eigenvalue weighted by molar-refractivity contribution is 5.95. The van der Waals surface area contributed by atoms with Crippen LogP contribution in [0.3, 0.4) is 0 Å². The topological polar surface area (TPSA) is 114 Å². The number of rotatable bonds is 55. The predicted molar refractivity (Wildman–Crippen MR) is 309 cm³/mol. The summed E-state index contributed by atoms with van der Waals surface area (Å²) in [4.78, 5) is 26.0. The smallest absolute Gasteiger partial charge is 0.251 e. The summed E-state index contributed by atoms with van der Waals surface area (Å²) >= 11 is 0. The molecule has 0 saturated carbocycles. The Bertz CT molecular complexity index is 1360. The Morgan fingerprint density at radius 3 is 0.797 bits per heavy atom. The fourth-order valence-electron chi connectivity index (χ4n) is 9.03. The Labute approximate surface area is 454 Å². The molecular formula is C64H112N2O8. The Balaban J connectivity index is 1.74. The van der Waals surface area contributed by atoms with Gasteiger partial charge < -0.3 is 39.1 Å². The summed E-state index contributed by atoms with van der Waals surface area (Å²) in [6.45, 7) is 16.1. The van der Waals surface area contributed by atoms with Gasteiger partial charge in [0.1, 0.15) is 11.5 Å². The number of unbranched alkanes of at least 4 members (excludes halogenated alkanes) is 28. The van der Waals surface area contributed by atoms with Crippen molar-refractivity contribution in [3.8, 4) is 11.5 Å². The Kier molecular flexibility index (Phi) is 45.8. The average molecular weight is 1040 g/mol. The summed E-state index contributed by atoms with van der Waals surface area (Å²) < 4.78 is 36.9. The van der Waals surface area contributed by atoms with Crippen LogP contribution in [0.25, 0.3) is 0 Å². The third-order valence-corrected chi connectivity index (χ3v) is 13.9. The highest BCUT2D eigenvalue weighted by Crippen LogP contribution is 2.18. The van der Waals surface area contributed by atoms with Gasteiger partial charge in [0.05, 0.1) is 39.6 Å². The third-order valence-electron chi connectivity index (χ3n) is 13.9. The van der Waals surface area contributed by atoms with Gasteiger partial charge in [0.15, 0.2) is 0 Å². The molecule has 10 nitrogen and oxygen atoms in total. The quantitative estimate of drug-likeness (QED) is 0.0630. The second-order valence-electron chi connectivity index (χ2n) is 21.1. The van der Waals surface area contributed by atoms with Crippen LogP contribution in [0.5, 0.6) is 11.5 Å². The van der Waals surface area contributed by atoms with Crippen molar-refractivity contribution in [3.63, 3.8) is 0 Å². The van der Waals surface area contributed by atoms with Crippen LogP contribution in [-0.4, -0.2) is 91.0 Å². The second-order valence-corrected chi connectivity index (χ2v) is 21.1. The largest absolute Gasteiger partial charge is 0.493 e. The molecule has 0 heterocycles. The van der Waals surface area contributed by atoms with Crippen molar-refractivity contribution in [2.45, 2.75) is 233 Å². The molecule has 0 saturated heterocycles. The number of hydrogen-bond acceptors (Lipinski definition) is 8. The fraction of sp³-hybridized carbons (Fsp3) is 0.781. The van der Waals surface area contributed by atoms with Crippen molar-refractivity contribution in [2.24, 2.45) is 11.8 Å². The average Bonchev–Trinajstić information content (AvgIpc) is 3.42. The van der Waals surface area contributed by atoms with Crippen LogP contribution >= 0.6 is 0 Å². The molecule has 0 fully saturated rings. The van der Waals surface area contributed by atoms with E-state index in [0.29, 0.717) is 75.4 Å². The Morgan fingerprint density at radius 1 is 0.324 bits per heavy atom. The van der Waals surface area contributed by atoms with E-state index in [1.165, 1.54) is 180 Å². The van der Waals surface area contributed by atoms with Gasteiger partial charge in [0.2, 0.25) is 0 Å². The van der Waals surface area contributed by atoms with E-state index in [9.17, 15) is 9.59 Å². The molecule has 0 aliphatic rings. The van der Waals surface area contributed by atoms with E-state index in [-0.39, 0.29) is 23.7 Å². The number of carbonyl (C=O) groups is 2. The van der Waals surface area contributed by atoms with Crippen LogP contribution in [0.2, 0.25) is 0 Å². The summed E-state index contributed by atoms with van der Waals surface area (Å²) in [6, 6.07) is 14.4. The maximum absolute atomic E-state index is 13.0. The molecule has 0 radical (unpaired) electrons. The molecule has 0 aliphatic carbocycles. The second kappa shape index (κ2) is 50.6. The van der Waals surface area contributed by atoms with Crippen LogP contribution in [0.15, 0.2) is 48.5 Å². The van der Waals surface area contributed by atoms with Crippen LogP contribution in [0.4, 0.5) is 0 Å².